The number of rotatable bonds is 21. The Hall–Kier alpha value is -6.50. The minimum atomic E-state index is -1.05. The van der Waals surface area contributed by atoms with Gasteiger partial charge >= 0.3 is 17.9 Å². The second-order valence-electron chi connectivity index (χ2n) is 15.5. The third-order valence-corrected chi connectivity index (χ3v) is 10.4. The van der Waals surface area contributed by atoms with Gasteiger partial charge in [-0.15, -0.1) is 10.2 Å². The second-order valence-corrected chi connectivity index (χ2v) is 15.5. The Kier molecular flexibility index (Phi) is 17.0. The van der Waals surface area contributed by atoms with Crippen LogP contribution in [0.15, 0.2) is 103 Å². The normalized spacial score (nSPS) is 12.6. The molecule has 5 aromatic rings. The summed E-state index contributed by atoms with van der Waals surface area (Å²) in [5.41, 5.74) is 6.50. The highest BCUT2D eigenvalue weighted by atomic mass is 16.6. The zero-order valence-electron chi connectivity index (χ0n) is 35.6. The van der Waals surface area contributed by atoms with E-state index in [9.17, 15) is 24.0 Å². The number of tetrazole rings is 1. The molecular weight excluding hydrogens is 773 g/mol. The van der Waals surface area contributed by atoms with Crippen molar-refractivity contribution < 1.29 is 33.4 Å². The number of carbonyl (C=O) groups excluding carboxylic acids is 5. The van der Waals surface area contributed by atoms with E-state index in [1.165, 1.54) is 4.90 Å². The first kappa shape index (κ1) is 45.6. The van der Waals surface area contributed by atoms with Crippen LogP contribution in [0.5, 0.6) is 0 Å². The third kappa shape index (κ3) is 13.2. The van der Waals surface area contributed by atoms with Crippen LogP contribution in [-0.2, 0) is 46.4 Å². The Morgan fingerprint density at radius 1 is 0.721 bits per heavy atom. The van der Waals surface area contributed by atoms with Crippen LogP contribution in [0.4, 0.5) is 0 Å². The number of aromatic nitrogens is 4. The van der Waals surface area contributed by atoms with Gasteiger partial charge in [0.15, 0.2) is 0 Å². The number of hydrogen-bond acceptors (Lipinski definition) is 10. The Balaban J connectivity index is 1.23. The van der Waals surface area contributed by atoms with E-state index < -0.39 is 35.8 Å². The molecule has 5 rings (SSSR count). The van der Waals surface area contributed by atoms with Crippen molar-refractivity contribution >= 4 is 29.7 Å². The molecule has 320 valence electrons. The molecule has 0 saturated heterocycles. The van der Waals surface area contributed by atoms with Crippen molar-refractivity contribution in [1.82, 2.24) is 30.8 Å². The highest BCUT2D eigenvalue weighted by molar-refractivity contribution is 5.92. The molecule has 0 aliphatic heterocycles. The average molecular weight is 829 g/mol. The summed E-state index contributed by atoms with van der Waals surface area (Å²) < 4.78 is 10.6. The number of aromatic amines is 1. The predicted octanol–water partition coefficient (Wildman–Crippen LogP) is 7.91. The average Bonchev–Trinajstić information content (AvgIpc) is 3.81. The van der Waals surface area contributed by atoms with Crippen LogP contribution in [0.3, 0.4) is 0 Å². The van der Waals surface area contributed by atoms with Gasteiger partial charge in [0.25, 0.3) is 0 Å². The second kappa shape index (κ2) is 22.8. The van der Waals surface area contributed by atoms with Crippen LogP contribution < -0.4 is 5.32 Å². The first-order valence-electron chi connectivity index (χ1n) is 21.0. The molecule has 3 atom stereocenters. The molecule has 0 fully saturated rings. The van der Waals surface area contributed by atoms with Crippen molar-refractivity contribution in [3.8, 4) is 33.6 Å². The first-order chi connectivity index (χ1) is 29.5. The van der Waals surface area contributed by atoms with Gasteiger partial charge < -0.3 is 19.7 Å². The quantitative estimate of drug-likeness (QED) is 0.0547. The van der Waals surface area contributed by atoms with Gasteiger partial charge in [0.1, 0.15) is 6.04 Å². The zero-order chi connectivity index (χ0) is 43.7. The fraction of sp³-hybridized carbons (Fsp3) is 0.375. The van der Waals surface area contributed by atoms with E-state index in [1.54, 1.807) is 27.7 Å². The number of amides is 2. The van der Waals surface area contributed by atoms with Crippen LogP contribution in [0.1, 0.15) is 84.3 Å². The maximum Gasteiger partial charge on any atom is 0.336 e. The van der Waals surface area contributed by atoms with Crippen LogP contribution in [0.2, 0.25) is 0 Å². The molecule has 0 aliphatic carbocycles. The first-order valence-corrected chi connectivity index (χ1v) is 21.0. The lowest BCUT2D eigenvalue weighted by molar-refractivity contribution is -0.168. The van der Waals surface area contributed by atoms with Crippen LogP contribution in [0, 0.1) is 11.8 Å². The van der Waals surface area contributed by atoms with E-state index in [4.69, 9.17) is 9.47 Å². The number of nitrogens with zero attached hydrogens (tertiary/aromatic N) is 4. The van der Waals surface area contributed by atoms with Gasteiger partial charge in [-0.2, -0.15) is 5.21 Å². The molecule has 0 spiro atoms. The molecule has 0 saturated carbocycles. The Labute approximate surface area is 357 Å². The van der Waals surface area contributed by atoms with E-state index >= 15 is 0 Å². The number of hydrogen-bond donors (Lipinski definition) is 2. The standard InChI is InChI=1S/C48H56N6O7/c1-6-8-18-43(56)54(31-35-21-25-38(26-22-35)40-16-12-13-17-41(40)46-50-52-53-51-46)45(32(3)4)48(59)61-44(57)28-27-42(55)49-39(29-33(5)47(58)60-7-2)30-34-19-23-37(24-20-34)36-14-10-9-11-15-36/h9-17,19-26,32-33,39,45H,6-8,18,27-31H2,1-5H3,(H,49,55)(H,50,51,52,53)/t33-,39+,45+/m1/s1. The van der Waals surface area contributed by atoms with Crippen molar-refractivity contribution in [3.05, 3.63) is 114 Å². The lowest BCUT2D eigenvalue weighted by Gasteiger charge is -2.33. The van der Waals surface area contributed by atoms with Crippen molar-refractivity contribution in [2.45, 2.75) is 98.2 Å². The molecule has 1 heterocycles. The summed E-state index contributed by atoms with van der Waals surface area (Å²) in [6.45, 7) is 9.45. The van der Waals surface area contributed by atoms with E-state index in [0.29, 0.717) is 25.1 Å². The third-order valence-electron chi connectivity index (χ3n) is 10.4. The molecule has 2 amide bonds. The monoisotopic (exact) mass is 828 g/mol. The molecule has 1 aromatic heterocycles. The SMILES string of the molecule is CCCCC(=O)N(Cc1ccc(-c2ccccc2-c2nn[nH]n2)cc1)[C@H](C(=O)OC(=O)CCC(=O)N[C@H](Cc1ccc(-c2ccccc2)cc1)C[C@@H](C)C(=O)OCC)C(C)C. The topological polar surface area (TPSA) is 174 Å². The number of esters is 3. The molecule has 0 radical (unpaired) electrons. The number of ether oxygens (including phenoxy) is 2. The van der Waals surface area contributed by atoms with Gasteiger partial charge in [-0.25, -0.2) is 4.79 Å². The van der Waals surface area contributed by atoms with Crippen LogP contribution in [-0.4, -0.2) is 73.9 Å². The van der Waals surface area contributed by atoms with E-state index in [2.05, 4.69) is 25.9 Å². The number of nitrogens with one attached hydrogen (secondary N) is 2. The van der Waals surface area contributed by atoms with Crippen molar-refractivity contribution in [2.75, 3.05) is 6.61 Å². The van der Waals surface area contributed by atoms with Crippen molar-refractivity contribution in [3.63, 3.8) is 0 Å². The zero-order valence-corrected chi connectivity index (χ0v) is 35.6. The van der Waals surface area contributed by atoms with Crippen molar-refractivity contribution in [1.29, 1.82) is 0 Å². The highest BCUT2D eigenvalue weighted by Crippen LogP contribution is 2.30. The fourth-order valence-corrected chi connectivity index (χ4v) is 7.25. The van der Waals surface area contributed by atoms with Gasteiger partial charge in [-0.1, -0.05) is 137 Å². The molecule has 61 heavy (non-hydrogen) atoms. The molecule has 0 unspecified atom stereocenters. The summed E-state index contributed by atoms with van der Waals surface area (Å²) in [5, 5.41) is 17.4. The van der Waals surface area contributed by atoms with Crippen LogP contribution in [0.25, 0.3) is 33.6 Å². The Morgan fingerprint density at radius 2 is 1.36 bits per heavy atom. The smallest absolute Gasteiger partial charge is 0.336 e. The summed E-state index contributed by atoms with van der Waals surface area (Å²) in [6, 6.07) is 31.9. The summed E-state index contributed by atoms with van der Waals surface area (Å²) in [4.78, 5) is 68.0. The molecule has 0 bridgehead atoms. The molecule has 2 N–H and O–H groups in total. The maximum absolute atomic E-state index is 13.8. The molecule has 13 nitrogen and oxygen atoms in total. The van der Waals surface area contributed by atoms with E-state index in [1.807, 2.05) is 110 Å². The summed E-state index contributed by atoms with van der Waals surface area (Å²) >= 11 is 0. The molecular formula is C48H56N6O7. The van der Waals surface area contributed by atoms with E-state index in [0.717, 1.165) is 45.4 Å². The number of benzene rings is 4. The summed E-state index contributed by atoms with van der Waals surface area (Å²) in [6.07, 6.45) is 1.82. The minimum absolute atomic E-state index is 0.116. The predicted molar refractivity (Wildman–Crippen MR) is 232 cm³/mol. The van der Waals surface area contributed by atoms with Gasteiger partial charge in [-0.05, 0) is 70.7 Å². The summed E-state index contributed by atoms with van der Waals surface area (Å²) in [7, 11) is 0. The number of H-pyrrole nitrogens is 1. The summed E-state index contributed by atoms with van der Waals surface area (Å²) in [5.74, 6) is -3.14. The van der Waals surface area contributed by atoms with E-state index in [-0.39, 0.29) is 50.2 Å². The fourth-order valence-electron chi connectivity index (χ4n) is 7.25. The molecule has 4 aromatic carbocycles. The molecule has 0 aliphatic rings. The highest BCUT2D eigenvalue weighted by Gasteiger charge is 2.35. The van der Waals surface area contributed by atoms with Crippen LogP contribution >= 0.6 is 0 Å². The maximum atomic E-state index is 13.8. The molecule has 13 heteroatoms. The number of unbranched alkanes of at least 4 members (excludes halogenated alkanes) is 1. The van der Waals surface area contributed by atoms with Gasteiger partial charge in [-0.3, -0.25) is 19.2 Å². The van der Waals surface area contributed by atoms with Gasteiger partial charge in [0, 0.05) is 31.0 Å². The lowest BCUT2D eigenvalue weighted by atomic mass is 9.94. The Bertz CT molecular complexity index is 2190. The Morgan fingerprint density at radius 3 is 2.00 bits per heavy atom. The van der Waals surface area contributed by atoms with Gasteiger partial charge in [0.05, 0.1) is 18.9 Å². The number of carbonyl (C=O) groups is 5. The minimum Gasteiger partial charge on any atom is -0.466 e. The van der Waals surface area contributed by atoms with Gasteiger partial charge in [0.2, 0.25) is 17.6 Å². The largest absolute Gasteiger partial charge is 0.466 e. The van der Waals surface area contributed by atoms with Crippen molar-refractivity contribution in [2.24, 2.45) is 11.8 Å². The lowest BCUT2D eigenvalue weighted by Crippen LogP contribution is -2.48.